The number of nitrogens with zero attached hydrogens (tertiary/aromatic N) is 2. The van der Waals surface area contributed by atoms with Gasteiger partial charge in [-0.1, -0.05) is 50.2 Å². The lowest BCUT2D eigenvalue weighted by atomic mass is 10.0. The molecular weight excluding hydrogens is 240 g/mol. The van der Waals surface area contributed by atoms with Crippen LogP contribution in [0.1, 0.15) is 44.6 Å². The number of aromatic nitrogens is 2. The molecule has 0 amide bonds. The zero-order valence-electron chi connectivity index (χ0n) is 11.5. The molecule has 0 aliphatic heterocycles. The van der Waals surface area contributed by atoms with Crippen LogP contribution in [0.5, 0.6) is 0 Å². The van der Waals surface area contributed by atoms with E-state index < -0.39 is 0 Å². The number of rotatable bonds is 5. The Bertz CT molecular complexity index is 556. The molecule has 2 rings (SSSR count). The molecule has 1 aromatic carbocycles. The Labute approximate surface area is 112 Å². The zero-order valence-corrected chi connectivity index (χ0v) is 11.5. The summed E-state index contributed by atoms with van der Waals surface area (Å²) in [5, 5.41) is 3.91. The van der Waals surface area contributed by atoms with Crippen LogP contribution in [-0.2, 0) is 11.2 Å². The number of carbonyl (C=O) groups excluding carboxylic acids is 1. The molecule has 0 radical (unpaired) electrons. The first-order valence-electron chi connectivity index (χ1n) is 6.54. The first kappa shape index (κ1) is 13.5. The normalized spacial score (nSPS) is 10.9. The van der Waals surface area contributed by atoms with Gasteiger partial charge in [0, 0.05) is 12.0 Å². The monoisotopic (exact) mass is 258 g/mol. The number of Topliss-reactive ketones (excluding diaryl/α,β-unsaturated/α-hetero) is 1. The fraction of sp³-hybridized carbons (Fsp3) is 0.400. The average molecular weight is 258 g/mol. The number of hydrogen-bond acceptors (Lipinski definition) is 4. The Hall–Kier alpha value is -1.97. The smallest absolute Gasteiger partial charge is 0.234 e. The Morgan fingerprint density at radius 1 is 1.26 bits per heavy atom. The quantitative estimate of drug-likeness (QED) is 0.825. The van der Waals surface area contributed by atoms with Crippen LogP contribution in [0.2, 0.25) is 0 Å². The van der Waals surface area contributed by atoms with Crippen molar-refractivity contribution in [3.05, 3.63) is 35.7 Å². The van der Waals surface area contributed by atoms with Crippen LogP contribution in [0.25, 0.3) is 11.4 Å². The minimum absolute atomic E-state index is 0.102. The Balaban J connectivity index is 2.16. The lowest BCUT2D eigenvalue weighted by Crippen LogP contribution is -2.00. The van der Waals surface area contributed by atoms with Crippen molar-refractivity contribution in [2.24, 2.45) is 0 Å². The summed E-state index contributed by atoms with van der Waals surface area (Å²) in [7, 11) is 0. The minimum atomic E-state index is 0.102. The second-order valence-corrected chi connectivity index (χ2v) is 4.86. The lowest BCUT2D eigenvalue weighted by Gasteiger charge is -2.04. The van der Waals surface area contributed by atoms with Gasteiger partial charge in [0.05, 0.1) is 6.42 Å². The third kappa shape index (κ3) is 3.28. The van der Waals surface area contributed by atoms with Crippen LogP contribution in [0.4, 0.5) is 0 Å². The summed E-state index contributed by atoms with van der Waals surface area (Å²) < 4.78 is 5.09. The molecule has 0 aliphatic rings. The molecule has 1 aromatic heterocycles. The first-order valence-corrected chi connectivity index (χ1v) is 6.54. The van der Waals surface area contributed by atoms with Gasteiger partial charge in [-0.25, -0.2) is 0 Å². The van der Waals surface area contributed by atoms with E-state index in [1.165, 1.54) is 5.56 Å². The van der Waals surface area contributed by atoms with Crippen LogP contribution in [-0.4, -0.2) is 15.9 Å². The second kappa shape index (κ2) is 5.78. The largest absolute Gasteiger partial charge is 0.339 e. The second-order valence-electron chi connectivity index (χ2n) is 4.86. The number of ketones is 1. The molecule has 4 heteroatoms. The Morgan fingerprint density at radius 2 is 1.95 bits per heavy atom. The molecule has 4 nitrogen and oxygen atoms in total. The molecule has 0 fully saturated rings. The molecule has 19 heavy (non-hydrogen) atoms. The van der Waals surface area contributed by atoms with E-state index in [0.717, 1.165) is 5.56 Å². The molecule has 1 heterocycles. The fourth-order valence-corrected chi connectivity index (χ4v) is 1.75. The maximum Gasteiger partial charge on any atom is 0.234 e. The molecular formula is C15H18N2O2. The predicted molar refractivity (Wildman–Crippen MR) is 72.8 cm³/mol. The van der Waals surface area contributed by atoms with Crippen LogP contribution in [0, 0.1) is 0 Å². The van der Waals surface area contributed by atoms with E-state index in [2.05, 4.69) is 36.1 Å². The highest BCUT2D eigenvalue weighted by molar-refractivity contribution is 5.79. The summed E-state index contributed by atoms with van der Waals surface area (Å²) in [5.41, 5.74) is 2.18. The topological polar surface area (TPSA) is 56.0 Å². The van der Waals surface area contributed by atoms with Crippen LogP contribution in [0.15, 0.2) is 28.8 Å². The third-order valence-electron chi connectivity index (χ3n) is 3.05. The molecule has 0 atom stereocenters. The molecule has 0 spiro atoms. The van der Waals surface area contributed by atoms with Gasteiger partial charge in [0.25, 0.3) is 0 Å². The Kier molecular flexibility index (Phi) is 4.10. The van der Waals surface area contributed by atoms with E-state index in [4.69, 9.17) is 4.52 Å². The first-order chi connectivity index (χ1) is 9.10. The third-order valence-corrected chi connectivity index (χ3v) is 3.05. The molecule has 0 saturated carbocycles. The highest BCUT2D eigenvalue weighted by Crippen LogP contribution is 2.20. The van der Waals surface area contributed by atoms with E-state index in [9.17, 15) is 4.79 Å². The summed E-state index contributed by atoms with van der Waals surface area (Å²) in [6.07, 6.45) is 0.703. The van der Waals surface area contributed by atoms with Gasteiger partial charge in [-0.3, -0.25) is 4.79 Å². The summed E-state index contributed by atoms with van der Waals surface area (Å²) >= 11 is 0. The van der Waals surface area contributed by atoms with Crippen LogP contribution < -0.4 is 0 Å². The average Bonchev–Trinajstić information content (AvgIpc) is 2.87. The number of carbonyl (C=O) groups is 1. The van der Waals surface area contributed by atoms with E-state index in [0.29, 0.717) is 24.1 Å². The van der Waals surface area contributed by atoms with E-state index >= 15 is 0 Å². The zero-order chi connectivity index (χ0) is 13.8. The van der Waals surface area contributed by atoms with Gasteiger partial charge >= 0.3 is 0 Å². The number of hydrogen-bond donors (Lipinski definition) is 0. The van der Waals surface area contributed by atoms with Crippen molar-refractivity contribution >= 4 is 5.78 Å². The summed E-state index contributed by atoms with van der Waals surface area (Å²) in [6, 6.07) is 8.08. The van der Waals surface area contributed by atoms with Crippen molar-refractivity contribution in [1.82, 2.24) is 10.1 Å². The molecule has 2 aromatic rings. The van der Waals surface area contributed by atoms with Gasteiger partial charge in [0.15, 0.2) is 0 Å². The maximum absolute atomic E-state index is 11.3. The highest BCUT2D eigenvalue weighted by atomic mass is 16.5. The SMILES string of the molecule is CCC(=O)Cc1nc(-c2ccc(C(C)C)cc2)no1. The number of benzene rings is 1. The summed E-state index contributed by atoms with van der Waals surface area (Å²) in [4.78, 5) is 15.6. The lowest BCUT2D eigenvalue weighted by molar-refractivity contribution is -0.118. The van der Waals surface area contributed by atoms with Crippen molar-refractivity contribution in [3.8, 4) is 11.4 Å². The van der Waals surface area contributed by atoms with Crippen molar-refractivity contribution in [3.63, 3.8) is 0 Å². The summed E-state index contributed by atoms with van der Waals surface area (Å²) in [6.45, 7) is 6.12. The molecule has 0 saturated heterocycles. The van der Waals surface area contributed by atoms with Gasteiger partial charge in [-0.05, 0) is 11.5 Å². The molecule has 100 valence electrons. The predicted octanol–water partition coefficient (Wildman–Crippen LogP) is 3.38. The minimum Gasteiger partial charge on any atom is -0.339 e. The van der Waals surface area contributed by atoms with E-state index in [1.54, 1.807) is 0 Å². The standard InChI is InChI=1S/C15H18N2O2/c1-4-13(18)9-14-16-15(17-19-14)12-7-5-11(6-8-12)10(2)3/h5-8,10H,4,9H2,1-3H3. The van der Waals surface area contributed by atoms with E-state index in [-0.39, 0.29) is 12.2 Å². The van der Waals surface area contributed by atoms with Crippen molar-refractivity contribution < 1.29 is 9.32 Å². The van der Waals surface area contributed by atoms with Gasteiger partial charge in [-0.2, -0.15) is 4.98 Å². The van der Waals surface area contributed by atoms with Gasteiger partial charge in [0.1, 0.15) is 5.78 Å². The molecule has 0 bridgehead atoms. The van der Waals surface area contributed by atoms with Gasteiger partial charge in [-0.15, -0.1) is 0 Å². The molecule has 0 N–H and O–H groups in total. The van der Waals surface area contributed by atoms with E-state index in [1.807, 2.05) is 19.1 Å². The fourth-order valence-electron chi connectivity index (χ4n) is 1.75. The highest BCUT2D eigenvalue weighted by Gasteiger charge is 2.11. The van der Waals surface area contributed by atoms with Crippen molar-refractivity contribution in [1.29, 1.82) is 0 Å². The maximum atomic E-state index is 11.3. The summed E-state index contributed by atoms with van der Waals surface area (Å²) in [5.74, 6) is 1.52. The molecule has 0 aliphatic carbocycles. The van der Waals surface area contributed by atoms with Crippen molar-refractivity contribution in [2.45, 2.75) is 39.5 Å². The Morgan fingerprint density at radius 3 is 2.53 bits per heavy atom. The van der Waals surface area contributed by atoms with Crippen LogP contribution >= 0.6 is 0 Å². The van der Waals surface area contributed by atoms with Crippen molar-refractivity contribution in [2.75, 3.05) is 0 Å². The van der Waals surface area contributed by atoms with Crippen LogP contribution in [0.3, 0.4) is 0 Å². The van der Waals surface area contributed by atoms with Gasteiger partial charge in [0.2, 0.25) is 11.7 Å². The van der Waals surface area contributed by atoms with Gasteiger partial charge < -0.3 is 4.52 Å². The molecule has 0 unspecified atom stereocenters.